The molecule has 1 aliphatic rings. The van der Waals surface area contributed by atoms with Gasteiger partial charge in [-0.3, -0.25) is 4.79 Å². The molecular formula is C18H22N6O. The number of nitrogens with two attached hydrogens (primary N) is 1. The number of hydrogen-bond acceptors (Lipinski definition) is 4. The van der Waals surface area contributed by atoms with Gasteiger partial charge in [-0.05, 0) is 12.1 Å². The van der Waals surface area contributed by atoms with Crippen LogP contribution < -0.4 is 5.73 Å². The number of rotatable bonds is 4. The lowest BCUT2D eigenvalue weighted by molar-refractivity contribution is -0.130. The Kier molecular flexibility index (Phi) is 4.01. The zero-order valence-corrected chi connectivity index (χ0v) is 14.2. The molecule has 2 N–H and O–H groups in total. The second-order valence-electron chi connectivity index (χ2n) is 6.71. The van der Waals surface area contributed by atoms with Crippen LogP contribution in [-0.2, 0) is 18.4 Å². The first kappa shape index (κ1) is 15.8. The molecule has 0 bridgehead atoms. The maximum absolute atomic E-state index is 12.6. The van der Waals surface area contributed by atoms with Crippen molar-refractivity contribution < 1.29 is 4.79 Å². The third-order valence-electron chi connectivity index (χ3n) is 4.92. The summed E-state index contributed by atoms with van der Waals surface area (Å²) in [6, 6.07) is 7.89. The molecule has 1 aliphatic heterocycles. The topological polar surface area (TPSA) is 82.0 Å². The highest BCUT2D eigenvalue weighted by molar-refractivity contribution is 5.78. The number of aromatic nitrogens is 4. The number of para-hydroxylation sites is 2. The first-order valence-electron chi connectivity index (χ1n) is 8.53. The van der Waals surface area contributed by atoms with Crippen LogP contribution >= 0.6 is 0 Å². The molecular weight excluding hydrogens is 316 g/mol. The number of aryl methyl sites for hydroxylation is 2. The van der Waals surface area contributed by atoms with Crippen LogP contribution in [0.3, 0.4) is 0 Å². The minimum Gasteiger partial charge on any atom is -0.340 e. The quantitative estimate of drug-likeness (QED) is 0.773. The summed E-state index contributed by atoms with van der Waals surface area (Å²) in [4.78, 5) is 23.2. The normalized spacial score (nSPS) is 20.5. The number of benzene rings is 1. The van der Waals surface area contributed by atoms with Crippen LogP contribution in [0.25, 0.3) is 11.0 Å². The SMILES string of the molecule is Cn1cnc([C@@H]2CN(C(=O)CCn3cnc4ccccc43)C[C@H]2N)c1. The lowest BCUT2D eigenvalue weighted by Crippen LogP contribution is -2.32. The molecule has 2 atom stereocenters. The Morgan fingerprint density at radius 2 is 2.08 bits per heavy atom. The maximum atomic E-state index is 12.6. The first-order valence-corrected chi connectivity index (χ1v) is 8.53. The molecule has 1 amide bonds. The molecule has 7 nitrogen and oxygen atoms in total. The van der Waals surface area contributed by atoms with Crippen LogP contribution in [0.4, 0.5) is 0 Å². The van der Waals surface area contributed by atoms with Crippen molar-refractivity contribution in [2.24, 2.45) is 12.8 Å². The van der Waals surface area contributed by atoms with Gasteiger partial charge in [-0.2, -0.15) is 0 Å². The molecule has 0 aliphatic carbocycles. The van der Waals surface area contributed by atoms with E-state index >= 15 is 0 Å². The van der Waals surface area contributed by atoms with E-state index in [9.17, 15) is 4.79 Å². The molecule has 3 heterocycles. The fraction of sp³-hybridized carbons (Fsp3) is 0.389. The van der Waals surface area contributed by atoms with E-state index in [1.165, 1.54) is 0 Å². The van der Waals surface area contributed by atoms with Gasteiger partial charge in [0.15, 0.2) is 0 Å². The number of nitrogens with zero attached hydrogens (tertiary/aromatic N) is 5. The van der Waals surface area contributed by atoms with Gasteiger partial charge < -0.3 is 19.8 Å². The summed E-state index contributed by atoms with van der Waals surface area (Å²) in [6.45, 7) is 1.85. The Morgan fingerprint density at radius 3 is 2.88 bits per heavy atom. The minimum atomic E-state index is -0.0621. The highest BCUT2D eigenvalue weighted by atomic mass is 16.2. The predicted octanol–water partition coefficient (Wildman–Crippen LogP) is 1.11. The lowest BCUT2D eigenvalue weighted by atomic mass is 10.0. The molecule has 25 heavy (non-hydrogen) atoms. The molecule has 4 rings (SSSR count). The molecule has 2 aromatic heterocycles. The standard InChI is InChI=1S/C18H22N6O/c1-22-10-16(20-11-22)13-8-24(9-14(13)19)18(25)6-7-23-12-21-15-4-2-3-5-17(15)23/h2-5,10-14H,6-9,19H2,1H3/t13-,14-/m1/s1. The fourth-order valence-corrected chi connectivity index (χ4v) is 3.53. The second-order valence-corrected chi connectivity index (χ2v) is 6.71. The van der Waals surface area contributed by atoms with Crippen LogP contribution in [0.1, 0.15) is 18.0 Å². The number of hydrogen-bond donors (Lipinski definition) is 1. The zero-order valence-electron chi connectivity index (χ0n) is 14.2. The third-order valence-corrected chi connectivity index (χ3v) is 4.92. The number of carbonyl (C=O) groups excluding carboxylic acids is 1. The Hall–Kier alpha value is -2.67. The van der Waals surface area contributed by atoms with Gasteiger partial charge in [-0.1, -0.05) is 12.1 Å². The van der Waals surface area contributed by atoms with Gasteiger partial charge in [0.05, 0.1) is 29.4 Å². The van der Waals surface area contributed by atoms with Crippen molar-refractivity contribution in [1.29, 1.82) is 0 Å². The second kappa shape index (κ2) is 6.33. The largest absolute Gasteiger partial charge is 0.340 e. The summed E-state index contributed by atoms with van der Waals surface area (Å²) < 4.78 is 3.94. The van der Waals surface area contributed by atoms with E-state index < -0.39 is 0 Å². The smallest absolute Gasteiger partial charge is 0.224 e. The Morgan fingerprint density at radius 1 is 1.24 bits per heavy atom. The van der Waals surface area contributed by atoms with E-state index in [-0.39, 0.29) is 17.9 Å². The molecule has 0 unspecified atom stereocenters. The lowest BCUT2D eigenvalue weighted by Gasteiger charge is -2.16. The maximum Gasteiger partial charge on any atom is 0.224 e. The summed E-state index contributed by atoms with van der Waals surface area (Å²) in [7, 11) is 1.94. The van der Waals surface area contributed by atoms with E-state index in [2.05, 4.69) is 9.97 Å². The van der Waals surface area contributed by atoms with Gasteiger partial charge in [0.25, 0.3) is 0 Å². The average molecular weight is 338 g/mol. The molecule has 3 aromatic rings. The summed E-state index contributed by atoms with van der Waals surface area (Å²) in [5.74, 6) is 0.242. The van der Waals surface area contributed by atoms with Gasteiger partial charge in [0, 0.05) is 51.3 Å². The summed E-state index contributed by atoms with van der Waals surface area (Å²) >= 11 is 0. The van der Waals surface area contributed by atoms with Crippen LogP contribution in [0.15, 0.2) is 43.1 Å². The highest BCUT2D eigenvalue weighted by Gasteiger charge is 2.34. The van der Waals surface area contributed by atoms with E-state index in [0.717, 1.165) is 16.7 Å². The number of carbonyl (C=O) groups is 1. The zero-order chi connectivity index (χ0) is 17.4. The summed E-state index contributed by atoms with van der Waals surface area (Å²) in [6.07, 6.45) is 6.00. The number of likely N-dealkylation sites (tertiary alicyclic amines) is 1. The Labute approximate surface area is 146 Å². The fourth-order valence-electron chi connectivity index (χ4n) is 3.53. The van der Waals surface area contributed by atoms with Crippen LogP contribution in [-0.4, -0.2) is 49.0 Å². The van der Waals surface area contributed by atoms with Crippen molar-refractivity contribution in [2.75, 3.05) is 13.1 Å². The van der Waals surface area contributed by atoms with E-state index in [4.69, 9.17) is 5.73 Å². The minimum absolute atomic E-state index is 0.0621. The van der Waals surface area contributed by atoms with Gasteiger partial charge in [0.1, 0.15) is 0 Å². The Balaban J connectivity index is 1.40. The van der Waals surface area contributed by atoms with Crippen molar-refractivity contribution in [3.63, 3.8) is 0 Å². The van der Waals surface area contributed by atoms with Gasteiger partial charge in [0.2, 0.25) is 5.91 Å². The van der Waals surface area contributed by atoms with Gasteiger partial charge >= 0.3 is 0 Å². The number of imidazole rings is 2. The molecule has 0 saturated carbocycles. The van der Waals surface area contributed by atoms with Crippen LogP contribution in [0, 0.1) is 0 Å². The highest BCUT2D eigenvalue weighted by Crippen LogP contribution is 2.25. The molecule has 1 saturated heterocycles. The first-order chi connectivity index (χ1) is 12.1. The molecule has 1 fully saturated rings. The third kappa shape index (κ3) is 3.02. The van der Waals surface area contributed by atoms with Gasteiger partial charge in [-0.25, -0.2) is 9.97 Å². The van der Waals surface area contributed by atoms with Crippen LogP contribution in [0.5, 0.6) is 0 Å². The molecule has 7 heteroatoms. The molecule has 1 aromatic carbocycles. The van der Waals surface area contributed by atoms with Crippen molar-refractivity contribution in [3.05, 3.63) is 48.8 Å². The average Bonchev–Trinajstić information content (AvgIpc) is 3.31. The number of amides is 1. The summed E-state index contributed by atoms with van der Waals surface area (Å²) in [5, 5.41) is 0. The Bertz CT molecular complexity index is 898. The van der Waals surface area contributed by atoms with Gasteiger partial charge in [-0.15, -0.1) is 0 Å². The summed E-state index contributed by atoms with van der Waals surface area (Å²) in [5.41, 5.74) is 9.23. The number of fused-ring (bicyclic) bond motifs is 1. The molecule has 130 valence electrons. The van der Waals surface area contributed by atoms with E-state index in [1.54, 1.807) is 12.7 Å². The van der Waals surface area contributed by atoms with E-state index in [1.807, 2.05) is 51.5 Å². The van der Waals surface area contributed by atoms with Crippen LogP contribution in [0.2, 0.25) is 0 Å². The molecule has 0 spiro atoms. The van der Waals surface area contributed by atoms with Crippen molar-refractivity contribution in [2.45, 2.75) is 24.9 Å². The van der Waals surface area contributed by atoms with E-state index in [0.29, 0.717) is 26.1 Å². The van der Waals surface area contributed by atoms with Crippen molar-refractivity contribution >= 4 is 16.9 Å². The van der Waals surface area contributed by atoms with Crippen molar-refractivity contribution in [3.8, 4) is 0 Å². The monoisotopic (exact) mass is 338 g/mol. The predicted molar refractivity (Wildman–Crippen MR) is 94.9 cm³/mol. The van der Waals surface area contributed by atoms with Crippen molar-refractivity contribution in [1.82, 2.24) is 24.0 Å². The molecule has 0 radical (unpaired) electrons.